The van der Waals surface area contributed by atoms with Crippen LogP contribution >= 0.6 is 0 Å². The molecule has 0 aliphatic carbocycles. The van der Waals surface area contributed by atoms with Gasteiger partial charge in [0.1, 0.15) is 17.8 Å². The Morgan fingerprint density at radius 1 is 1.05 bits per heavy atom. The van der Waals surface area contributed by atoms with E-state index in [1.165, 1.54) is 13.4 Å². The average molecular weight is 275 g/mol. The number of methoxy groups -OCH3 is 1. The molecule has 1 heterocycles. The minimum absolute atomic E-state index is 0.263. The number of ether oxygens (including phenoxy) is 3. The van der Waals surface area contributed by atoms with Gasteiger partial charge in [0, 0.05) is 0 Å². The van der Waals surface area contributed by atoms with Crippen LogP contribution in [0.3, 0.4) is 0 Å². The van der Waals surface area contributed by atoms with Crippen molar-refractivity contribution in [1.29, 1.82) is 0 Å². The number of aromatic nitrogens is 2. The molecule has 0 bridgehead atoms. The maximum absolute atomic E-state index is 5.84. The van der Waals surface area contributed by atoms with E-state index in [-0.39, 0.29) is 17.4 Å². The lowest BCUT2D eigenvalue weighted by Gasteiger charge is -2.10. The summed E-state index contributed by atoms with van der Waals surface area (Å²) in [5.74, 6) is 1.96. The summed E-state index contributed by atoms with van der Waals surface area (Å²) in [6, 6.07) is 7.25. The van der Waals surface area contributed by atoms with E-state index >= 15 is 0 Å². The molecule has 0 aliphatic heterocycles. The summed E-state index contributed by atoms with van der Waals surface area (Å²) in [4.78, 5) is 7.87. The first-order chi connectivity index (χ1) is 9.74. The van der Waals surface area contributed by atoms with Crippen molar-refractivity contribution in [2.45, 2.75) is 13.3 Å². The van der Waals surface area contributed by atoms with Crippen molar-refractivity contribution in [3.8, 4) is 23.3 Å². The summed E-state index contributed by atoms with van der Waals surface area (Å²) in [6.45, 7) is 2.75. The second kappa shape index (κ2) is 6.60. The van der Waals surface area contributed by atoms with Crippen molar-refractivity contribution in [1.82, 2.24) is 9.97 Å². The van der Waals surface area contributed by atoms with Gasteiger partial charge in [-0.2, -0.15) is 9.97 Å². The molecule has 0 spiro atoms. The van der Waals surface area contributed by atoms with Crippen LogP contribution in [-0.4, -0.2) is 23.7 Å². The summed E-state index contributed by atoms with van der Waals surface area (Å²) in [5, 5.41) is 0. The van der Waals surface area contributed by atoms with Gasteiger partial charge in [0.05, 0.1) is 13.7 Å². The molecule has 1 aromatic carbocycles. The molecule has 0 saturated heterocycles. The molecule has 2 rings (SSSR count). The van der Waals surface area contributed by atoms with Crippen LogP contribution in [0, 0.1) is 0 Å². The summed E-state index contributed by atoms with van der Waals surface area (Å²) in [5.41, 5.74) is 6.10. The SMILES string of the molecule is CCCOc1ccc(Oc2ncnc(OC)c2N)cc1. The molecular formula is C14H17N3O3. The Balaban J connectivity index is 2.10. The lowest BCUT2D eigenvalue weighted by Crippen LogP contribution is -2.00. The fourth-order valence-corrected chi connectivity index (χ4v) is 1.54. The highest BCUT2D eigenvalue weighted by Crippen LogP contribution is 2.30. The van der Waals surface area contributed by atoms with Crippen LogP contribution in [0.15, 0.2) is 30.6 Å². The molecule has 0 fully saturated rings. The predicted octanol–water partition coefficient (Wildman–Crippen LogP) is 2.65. The zero-order valence-corrected chi connectivity index (χ0v) is 11.5. The molecule has 0 aliphatic rings. The summed E-state index contributed by atoms with van der Waals surface area (Å²) in [7, 11) is 1.49. The monoisotopic (exact) mass is 275 g/mol. The third kappa shape index (κ3) is 3.28. The van der Waals surface area contributed by atoms with Gasteiger partial charge < -0.3 is 19.9 Å². The van der Waals surface area contributed by atoms with Gasteiger partial charge >= 0.3 is 0 Å². The van der Waals surface area contributed by atoms with Crippen molar-refractivity contribution < 1.29 is 14.2 Å². The first-order valence-corrected chi connectivity index (χ1v) is 6.29. The van der Waals surface area contributed by atoms with E-state index in [9.17, 15) is 0 Å². The van der Waals surface area contributed by atoms with Crippen LogP contribution in [0.1, 0.15) is 13.3 Å². The Morgan fingerprint density at radius 3 is 2.35 bits per heavy atom. The maximum Gasteiger partial charge on any atom is 0.249 e. The minimum atomic E-state index is 0.263. The topological polar surface area (TPSA) is 79.5 Å². The Morgan fingerprint density at radius 2 is 1.70 bits per heavy atom. The first kappa shape index (κ1) is 13.9. The zero-order chi connectivity index (χ0) is 14.4. The lowest BCUT2D eigenvalue weighted by molar-refractivity contribution is 0.317. The normalized spacial score (nSPS) is 10.1. The van der Waals surface area contributed by atoms with Gasteiger partial charge in [-0.3, -0.25) is 0 Å². The highest BCUT2D eigenvalue weighted by atomic mass is 16.5. The zero-order valence-electron chi connectivity index (χ0n) is 11.5. The van der Waals surface area contributed by atoms with Gasteiger partial charge in [-0.25, -0.2) is 0 Å². The molecule has 0 saturated carbocycles. The highest BCUT2D eigenvalue weighted by molar-refractivity contribution is 5.56. The van der Waals surface area contributed by atoms with Crippen LogP contribution < -0.4 is 19.9 Å². The number of hydrogen-bond acceptors (Lipinski definition) is 6. The third-order valence-electron chi connectivity index (χ3n) is 2.52. The van der Waals surface area contributed by atoms with E-state index < -0.39 is 0 Å². The molecule has 106 valence electrons. The number of nitrogens with two attached hydrogens (primary N) is 1. The molecule has 0 radical (unpaired) electrons. The average Bonchev–Trinajstić information content (AvgIpc) is 2.48. The number of nitrogens with zero attached hydrogens (tertiary/aromatic N) is 2. The smallest absolute Gasteiger partial charge is 0.249 e. The van der Waals surface area contributed by atoms with Gasteiger partial charge in [-0.05, 0) is 30.7 Å². The van der Waals surface area contributed by atoms with E-state index in [1.54, 1.807) is 12.1 Å². The minimum Gasteiger partial charge on any atom is -0.494 e. The number of nitrogen functional groups attached to an aromatic ring is 1. The highest BCUT2D eigenvalue weighted by Gasteiger charge is 2.10. The molecule has 6 nitrogen and oxygen atoms in total. The molecular weight excluding hydrogens is 258 g/mol. The summed E-state index contributed by atoms with van der Waals surface area (Å²) < 4.78 is 16.1. The quantitative estimate of drug-likeness (QED) is 0.873. The standard InChI is InChI=1S/C14H17N3O3/c1-3-8-19-10-4-6-11(7-5-10)20-14-12(15)13(18-2)16-9-17-14/h4-7,9H,3,8,15H2,1-2H3. The van der Waals surface area contributed by atoms with E-state index in [2.05, 4.69) is 16.9 Å². The van der Waals surface area contributed by atoms with E-state index in [0.29, 0.717) is 12.4 Å². The van der Waals surface area contributed by atoms with E-state index in [0.717, 1.165) is 12.2 Å². The van der Waals surface area contributed by atoms with Crippen molar-refractivity contribution in [3.05, 3.63) is 30.6 Å². The summed E-state index contributed by atoms with van der Waals surface area (Å²) in [6.07, 6.45) is 2.30. The number of anilines is 1. The largest absolute Gasteiger partial charge is 0.494 e. The third-order valence-corrected chi connectivity index (χ3v) is 2.52. The Labute approximate surface area is 117 Å². The predicted molar refractivity (Wildman–Crippen MR) is 75.3 cm³/mol. The van der Waals surface area contributed by atoms with Gasteiger partial charge in [0.2, 0.25) is 11.8 Å². The van der Waals surface area contributed by atoms with Crippen LogP contribution in [0.2, 0.25) is 0 Å². The molecule has 2 N–H and O–H groups in total. The second-order valence-corrected chi connectivity index (χ2v) is 4.02. The van der Waals surface area contributed by atoms with Crippen LogP contribution in [0.25, 0.3) is 0 Å². The number of rotatable bonds is 6. The molecule has 0 atom stereocenters. The molecule has 0 amide bonds. The fourth-order valence-electron chi connectivity index (χ4n) is 1.54. The van der Waals surface area contributed by atoms with Gasteiger partial charge in [0.15, 0.2) is 5.69 Å². The van der Waals surface area contributed by atoms with E-state index in [1.807, 2.05) is 12.1 Å². The van der Waals surface area contributed by atoms with Gasteiger partial charge in [-0.15, -0.1) is 0 Å². The Hall–Kier alpha value is -2.50. The Bertz CT molecular complexity index is 558. The number of benzene rings is 1. The van der Waals surface area contributed by atoms with Crippen molar-refractivity contribution >= 4 is 5.69 Å². The molecule has 0 unspecified atom stereocenters. The second-order valence-electron chi connectivity index (χ2n) is 4.02. The van der Waals surface area contributed by atoms with Crippen molar-refractivity contribution in [2.75, 3.05) is 19.5 Å². The van der Waals surface area contributed by atoms with Crippen LogP contribution in [-0.2, 0) is 0 Å². The first-order valence-electron chi connectivity index (χ1n) is 6.29. The maximum atomic E-state index is 5.84. The number of hydrogen-bond donors (Lipinski definition) is 1. The van der Waals surface area contributed by atoms with Crippen LogP contribution in [0.5, 0.6) is 23.3 Å². The molecule has 2 aromatic rings. The summed E-state index contributed by atoms with van der Waals surface area (Å²) >= 11 is 0. The van der Waals surface area contributed by atoms with E-state index in [4.69, 9.17) is 19.9 Å². The van der Waals surface area contributed by atoms with Gasteiger partial charge in [-0.1, -0.05) is 6.92 Å². The van der Waals surface area contributed by atoms with Gasteiger partial charge in [0.25, 0.3) is 0 Å². The van der Waals surface area contributed by atoms with Crippen LogP contribution in [0.4, 0.5) is 5.69 Å². The molecule has 20 heavy (non-hydrogen) atoms. The fraction of sp³-hybridized carbons (Fsp3) is 0.286. The molecule has 6 heteroatoms. The lowest BCUT2D eigenvalue weighted by atomic mass is 10.3. The Kier molecular flexibility index (Phi) is 4.60. The molecule has 1 aromatic heterocycles. The van der Waals surface area contributed by atoms with Crippen molar-refractivity contribution in [3.63, 3.8) is 0 Å². The van der Waals surface area contributed by atoms with Crippen molar-refractivity contribution in [2.24, 2.45) is 0 Å².